The zero-order valence-electron chi connectivity index (χ0n) is 15.3. The molecule has 1 saturated carbocycles. The van der Waals surface area contributed by atoms with Crippen LogP contribution in [0.4, 0.5) is 0 Å². The first-order valence-electron chi connectivity index (χ1n) is 9.25. The van der Waals surface area contributed by atoms with Crippen molar-refractivity contribution < 1.29 is 9.53 Å². The molecule has 1 fully saturated rings. The van der Waals surface area contributed by atoms with Gasteiger partial charge in [-0.15, -0.1) is 0 Å². The molecule has 3 aromatic rings. The highest BCUT2D eigenvalue weighted by Gasteiger charge is 2.21. The Hall–Kier alpha value is -3.12. The van der Waals surface area contributed by atoms with Crippen LogP contribution in [0.3, 0.4) is 0 Å². The number of fused-ring (bicyclic) bond motifs is 1. The van der Waals surface area contributed by atoms with Crippen LogP contribution in [0, 0.1) is 0 Å². The molecule has 3 aromatic carbocycles. The zero-order chi connectivity index (χ0) is 19.3. The third kappa shape index (κ3) is 4.78. The van der Waals surface area contributed by atoms with E-state index >= 15 is 0 Å². The summed E-state index contributed by atoms with van der Waals surface area (Å²) in [5.41, 5.74) is 6.87. The Morgan fingerprint density at radius 1 is 0.964 bits per heavy atom. The molecule has 0 radical (unpaired) electrons. The Balaban J connectivity index is 1.29. The highest BCUT2D eigenvalue weighted by atomic mass is 32.1. The molecule has 0 saturated heterocycles. The summed E-state index contributed by atoms with van der Waals surface area (Å²) in [6.45, 7) is 0.438. The van der Waals surface area contributed by atoms with Gasteiger partial charge >= 0.3 is 0 Å². The van der Waals surface area contributed by atoms with E-state index in [-0.39, 0.29) is 5.91 Å². The summed E-state index contributed by atoms with van der Waals surface area (Å²) >= 11 is 5.12. The van der Waals surface area contributed by atoms with Crippen molar-refractivity contribution in [1.29, 1.82) is 0 Å². The Labute approximate surface area is 169 Å². The SMILES string of the molecule is O=C(NNC(=S)NC1CC1)c1ccc(COc2ccc3ccccc3c2)cc1. The number of benzene rings is 3. The van der Waals surface area contributed by atoms with E-state index in [0.29, 0.717) is 23.3 Å². The van der Waals surface area contributed by atoms with E-state index < -0.39 is 0 Å². The molecule has 0 bridgehead atoms. The van der Waals surface area contributed by atoms with E-state index in [4.69, 9.17) is 17.0 Å². The predicted molar refractivity (Wildman–Crippen MR) is 114 cm³/mol. The van der Waals surface area contributed by atoms with Crippen molar-refractivity contribution in [1.82, 2.24) is 16.2 Å². The Bertz CT molecular complexity index is 1000. The van der Waals surface area contributed by atoms with Gasteiger partial charge in [-0.1, -0.05) is 42.5 Å². The van der Waals surface area contributed by atoms with Crippen LogP contribution in [0.1, 0.15) is 28.8 Å². The van der Waals surface area contributed by atoms with Gasteiger partial charge in [0.1, 0.15) is 12.4 Å². The minimum absolute atomic E-state index is 0.234. The number of thiocarbonyl (C=S) groups is 1. The van der Waals surface area contributed by atoms with Gasteiger partial charge in [0.2, 0.25) is 0 Å². The summed E-state index contributed by atoms with van der Waals surface area (Å²) in [5, 5.41) is 5.88. The molecule has 0 atom stereocenters. The average Bonchev–Trinajstić information content (AvgIpc) is 3.54. The van der Waals surface area contributed by atoms with Crippen LogP contribution in [0.5, 0.6) is 5.75 Å². The number of carbonyl (C=O) groups is 1. The summed E-state index contributed by atoms with van der Waals surface area (Å²) in [6.07, 6.45) is 2.25. The summed E-state index contributed by atoms with van der Waals surface area (Å²) in [7, 11) is 0. The van der Waals surface area contributed by atoms with Gasteiger partial charge < -0.3 is 10.1 Å². The summed E-state index contributed by atoms with van der Waals surface area (Å²) in [4.78, 5) is 12.2. The van der Waals surface area contributed by atoms with Gasteiger partial charge in [0.15, 0.2) is 5.11 Å². The molecule has 5 nitrogen and oxygen atoms in total. The van der Waals surface area contributed by atoms with Crippen LogP contribution in [-0.4, -0.2) is 17.1 Å². The lowest BCUT2D eigenvalue weighted by Gasteiger charge is -2.11. The molecule has 0 spiro atoms. The summed E-state index contributed by atoms with van der Waals surface area (Å²) in [6, 6.07) is 22.0. The molecule has 28 heavy (non-hydrogen) atoms. The molecule has 1 aliphatic carbocycles. The molecule has 0 aliphatic heterocycles. The van der Waals surface area contributed by atoms with Crippen molar-refractivity contribution in [3.63, 3.8) is 0 Å². The fraction of sp³-hybridized carbons (Fsp3) is 0.182. The van der Waals surface area contributed by atoms with Gasteiger partial charge in [-0.25, -0.2) is 0 Å². The van der Waals surface area contributed by atoms with Crippen LogP contribution < -0.4 is 20.9 Å². The van der Waals surface area contributed by atoms with Crippen molar-refractivity contribution in [2.24, 2.45) is 0 Å². The molecular weight excluding hydrogens is 370 g/mol. The molecule has 0 heterocycles. The van der Waals surface area contributed by atoms with Crippen molar-refractivity contribution in [2.75, 3.05) is 0 Å². The van der Waals surface area contributed by atoms with E-state index in [1.807, 2.05) is 42.5 Å². The maximum absolute atomic E-state index is 12.2. The van der Waals surface area contributed by atoms with Crippen molar-refractivity contribution >= 4 is 34.0 Å². The minimum Gasteiger partial charge on any atom is -0.489 e. The van der Waals surface area contributed by atoms with Crippen molar-refractivity contribution in [3.05, 3.63) is 77.9 Å². The first-order valence-corrected chi connectivity index (χ1v) is 9.65. The number of carbonyl (C=O) groups excluding carboxylic acids is 1. The van der Waals surface area contributed by atoms with Crippen LogP contribution in [-0.2, 0) is 6.61 Å². The van der Waals surface area contributed by atoms with Gasteiger partial charge in [0.25, 0.3) is 5.91 Å². The number of rotatable bonds is 5. The minimum atomic E-state index is -0.234. The number of amides is 1. The van der Waals surface area contributed by atoms with E-state index in [0.717, 1.165) is 29.5 Å². The lowest BCUT2D eigenvalue weighted by atomic mass is 10.1. The monoisotopic (exact) mass is 391 g/mol. The third-order valence-electron chi connectivity index (χ3n) is 4.54. The number of hydrogen-bond donors (Lipinski definition) is 3. The third-order valence-corrected chi connectivity index (χ3v) is 4.76. The number of ether oxygens (including phenoxy) is 1. The molecule has 1 amide bonds. The smallest absolute Gasteiger partial charge is 0.269 e. The largest absolute Gasteiger partial charge is 0.489 e. The first-order chi connectivity index (χ1) is 13.7. The molecule has 0 aromatic heterocycles. The van der Waals surface area contributed by atoms with Crippen LogP contribution >= 0.6 is 12.2 Å². The fourth-order valence-electron chi connectivity index (χ4n) is 2.81. The lowest BCUT2D eigenvalue weighted by Crippen LogP contribution is -2.47. The zero-order valence-corrected chi connectivity index (χ0v) is 16.1. The highest BCUT2D eigenvalue weighted by Crippen LogP contribution is 2.21. The summed E-state index contributed by atoms with van der Waals surface area (Å²) < 4.78 is 5.88. The fourth-order valence-corrected chi connectivity index (χ4v) is 3.03. The van der Waals surface area contributed by atoms with Gasteiger partial charge in [0.05, 0.1) is 0 Å². The molecular formula is C22H21N3O2S. The second kappa shape index (κ2) is 8.27. The quantitative estimate of drug-likeness (QED) is 0.457. The number of hydrazine groups is 1. The number of nitrogens with one attached hydrogen (secondary N) is 3. The number of hydrogen-bond acceptors (Lipinski definition) is 3. The molecule has 142 valence electrons. The summed E-state index contributed by atoms with van der Waals surface area (Å²) in [5.74, 6) is 0.586. The van der Waals surface area contributed by atoms with Crippen molar-refractivity contribution in [3.8, 4) is 5.75 Å². The normalized spacial score (nSPS) is 13.0. The second-order valence-corrected chi connectivity index (χ2v) is 7.23. The first kappa shape index (κ1) is 18.3. The Morgan fingerprint density at radius 2 is 1.71 bits per heavy atom. The van der Waals surface area contributed by atoms with Crippen LogP contribution in [0.15, 0.2) is 66.7 Å². The Morgan fingerprint density at radius 3 is 2.46 bits per heavy atom. The second-order valence-electron chi connectivity index (χ2n) is 6.82. The molecule has 4 rings (SSSR count). The molecule has 6 heteroatoms. The van der Waals surface area contributed by atoms with Crippen LogP contribution in [0.25, 0.3) is 10.8 Å². The molecule has 0 unspecified atom stereocenters. The van der Waals surface area contributed by atoms with E-state index in [9.17, 15) is 4.79 Å². The molecule has 3 N–H and O–H groups in total. The predicted octanol–water partition coefficient (Wildman–Crippen LogP) is 3.69. The van der Waals surface area contributed by atoms with Gasteiger partial charge in [0, 0.05) is 11.6 Å². The van der Waals surface area contributed by atoms with Gasteiger partial charge in [-0.3, -0.25) is 15.6 Å². The highest BCUT2D eigenvalue weighted by molar-refractivity contribution is 7.80. The topological polar surface area (TPSA) is 62.4 Å². The van der Waals surface area contributed by atoms with Gasteiger partial charge in [-0.05, 0) is 65.7 Å². The average molecular weight is 391 g/mol. The molecule has 1 aliphatic rings. The standard InChI is InChI=1S/C22H21N3O2S/c26-21(24-25-22(28)23-19-10-11-19)17-7-5-15(6-8-17)14-27-20-12-9-16-3-1-2-4-18(16)13-20/h1-9,12-13,19H,10-11,14H2,(H,24,26)(H2,23,25,28). The van der Waals surface area contributed by atoms with E-state index in [2.05, 4.69) is 28.3 Å². The Kier molecular flexibility index (Phi) is 5.39. The van der Waals surface area contributed by atoms with Crippen molar-refractivity contribution in [2.45, 2.75) is 25.5 Å². The maximum atomic E-state index is 12.2. The maximum Gasteiger partial charge on any atom is 0.269 e. The lowest BCUT2D eigenvalue weighted by molar-refractivity contribution is 0.0943. The van der Waals surface area contributed by atoms with E-state index in [1.54, 1.807) is 12.1 Å². The van der Waals surface area contributed by atoms with E-state index in [1.165, 1.54) is 5.39 Å². The van der Waals surface area contributed by atoms with Gasteiger partial charge in [-0.2, -0.15) is 0 Å². The van der Waals surface area contributed by atoms with Crippen LogP contribution in [0.2, 0.25) is 0 Å².